The van der Waals surface area contributed by atoms with Gasteiger partial charge in [0.25, 0.3) is 5.69 Å². The Labute approximate surface area is 154 Å². The summed E-state index contributed by atoms with van der Waals surface area (Å²) in [7, 11) is 0. The lowest BCUT2D eigenvalue weighted by Crippen LogP contribution is -3.12. The number of rotatable bonds is 5. The van der Waals surface area contributed by atoms with Crippen LogP contribution in [0.5, 0.6) is 0 Å². The number of quaternary nitrogens is 1. The largest absolute Gasteiger partial charge is 0.466 e. The third-order valence-corrected chi connectivity index (χ3v) is 5.97. The number of non-ortho nitro benzene ring substituents is 1. The zero-order chi connectivity index (χ0) is 18.0. The summed E-state index contributed by atoms with van der Waals surface area (Å²) >= 11 is 6.85. The summed E-state index contributed by atoms with van der Waals surface area (Å²) in [6.45, 7) is 4.73. The van der Waals surface area contributed by atoms with Crippen LogP contribution in [-0.4, -0.2) is 35.2 Å². The number of piperidine rings is 1. The average Bonchev–Trinajstić information content (AvgIpc) is 2.90. The predicted octanol–water partition coefficient (Wildman–Crippen LogP) is 2.16. The van der Waals surface area contributed by atoms with E-state index in [1.54, 1.807) is 12.1 Å². The minimum absolute atomic E-state index is 0.00135. The third kappa shape index (κ3) is 3.88. The van der Waals surface area contributed by atoms with Crippen molar-refractivity contribution in [2.24, 2.45) is 5.92 Å². The maximum atomic E-state index is 11.8. The van der Waals surface area contributed by atoms with Crippen molar-refractivity contribution < 1.29 is 19.4 Å². The van der Waals surface area contributed by atoms with E-state index in [0.717, 1.165) is 40.1 Å². The SMILES string of the molecule is CCOC(=O)C1CC[NH+](Cn2c(=S)sc3cc([N+](=O)[O-])ccc32)CC1. The molecule has 1 N–H and O–H groups in total. The van der Waals surface area contributed by atoms with E-state index in [2.05, 4.69) is 0 Å². The molecular weight excluding hydrogens is 362 g/mol. The summed E-state index contributed by atoms with van der Waals surface area (Å²) in [5.41, 5.74) is 1.01. The van der Waals surface area contributed by atoms with E-state index >= 15 is 0 Å². The van der Waals surface area contributed by atoms with E-state index in [9.17, 15) is 14.9 Å². The Morgan fingerprint density at radius 2 is 2.20 bits per heavy atom. The van der Waals surface area contributed by atoms with Gasteiger partial charge < -0.3 is 9.64 Å². The Bertz CT molecular complexity index is 853. The Kier molecular flexibility index (Phi) is 5.45. The van der Waals surface area contributed by atoms with E-state index in [1.807, 2.05) is 11.5 Å². The minimum Gasteiger partial charge on any atom is -0.466 e. The second kappa shape index (κ2) is 7.59. The monoisotopic (exact) mass is 382 g/mol. The van der Waals surface area contributed by atoms with Crippen molar-refractivity contribution in [2.45, 2.75) is 26.4 Å². The molecule has 0 saturated carbocycles. The summed E-state index contributed by atoms with van der Waals surface area (Å²) in [6.07, 6.45) is 1.63. The first-order valence-electron chi connectivity index (χ1n) is 8.27. The van der Waals surface area contributed by atoms with Crippen molar-refractivity contribution in [2.75, 3.05) is 19.7 Å². The van der Waals surface area contributed by atoms with Gasteiger partial charge in [0.1, 0.15) is 0 Å². The number of ether oxygens (including phenoxy) is 1. The lowest BCUT2D eigenvalue weighted by Gasteiger charge is -2.28. The van der Waals surface area contributed by atoms with Crippen LogP contribution in [0, 0.1) is 20.0 Å². The second-order valence-electron chi connectivity index (χ2n) is 6.14. The molecule has 3 rings (SSSR count). The van der Waals surface area contributed by atoms with Crippen LogP contribution in [0.3, 0.4) is 0 Å². The number of hydrogen-bond acceptors (Lipinski definition) is 6. The normalized spacial score (nSPS) is 20.5. The molecule has 1 fully saturated rings. The minimum atomic E-state index is -0.391. The highest BCUT2D eigenvalue weighted by Crippen LogP contribution is 2.26. The molecule has 1 aliphatic heterocycles. The first-order valence-corrected chi connectivity index (χ1v) is 9.50. The summed E-state index contributed by atoms with van der Waals surface area (Å²) in [5, 5.41) is 10.9. The molecular formula is C16H20N3O4S2+. The zero-order valence-electron chi connectivity index (χ0n) is 13.9. The molecule has 25 heavy (non-hydrogen) atoms. The first-order chi connectivity index (χ1) is 12.0. The number of thiazole rings is 1. The van der Waals surface area contributed by atoms with Gasteiger partial charge in [-0.25, -0.2) is 0 Å². The van der Waals surface area contributed by atoms with Gasteiger partial charge in [-0.15, -0.1) is 11.3 Å². The standard InChI is InChI=1S/C16H19N3O4S2/c1-2-23-15(20)11-5-7-17(8-6-11)10-18-13-4-3-12(19(21)22)9-14(13)25-16(18)24/h3-4,9,11H,2,5-8,10H2,1H3/p+1. The number of fused-ring (bicyclic) bond motifs is 1. The molecule has 0 atom stereocenters. The number of nitro benzene ring substituents is 1. The van der Waals surface area contributed by atoms with Gasteiger partial charge in [0.2, 0.25) is 0 Å². The highest BCUT2D eigenvalue weighted by Gasteiger charge is 2.28. The first kappa shape index (κ1) is 18.0. The summed E-state index contributed by atoms with van der Waals surface area (Å²) in [6, 6.07) is 4.86. The molecule has 1 aromatic heterocycles. The second-order valence-corrected chi connectivity index (χ2v) is 7.82. The number of nitrogens with zero attached hydrogens (tertiary/aromatic N) is 2. The molecule has 0 spiro atoms. The van der Waals surface area contributed by atoms with E-state index in [4.69, 9.17) is 17.0 Å². The fraction of sp³-hybridized carbons (Fsp3) is 0.500. The number of aromatic nitrogens is 1. The Hall–Kier alpha value is -1.84. The van der Waals surface area contributed by atoms with Crippen LogP contribution in [-0.2, 0) is 16.2 Å². The van der Waals surface area contributed by atoms with E-state index in [-0.39, 0.29) is 17.6 Å². The summed E-state index contributed by atoms with van der Waals surface area (Å²) in [5.74, 6) is -0.0926. The lowest BCUT2D eigenvalue weighted by atomic mass is 9.97. The number of nitro groups is 1. The van der Waals surface area contributed by atoms with Crippen LogP contribution in [0.15, 0.2) is 18.2 Å². The van der Waals surface area contributed by atoms with Gasteiger partial charge in [-0.1, -0.05) is 0 Å². The quantitative estimate of drug-likeness (QED) is 0.371. The van der Waals surface area contributed by atoms with Crippen molar-refractivity contribution in [3.63, 3.8) is 0 Å². The molecule has 0 radical (unpaired) electrons. The molecule has 7 nitrogen and oxygen atoms in total. The van der Waals surface area contributed by atoms with Gasteiger partial charge in [-0.2, -0.15) is 0 Å². The van der Waals surface area contributed by atoms with Gasteiger partial charge >= 0.3 is 5.97 Å². The average molecular weight is 382 g/mol. The van der Waals surface area contributed by atoms with E-state index in [1.165, 1.54) is 22.3 Å². The van der Waals surface area contributed by atoms with E-state index in [0.29, 0.717) is 13.3 Å². The molecule has 2 aromatic rings. The highest BCUT2D eigenvalue weighted by atomic mass is 32.1. The van der Waals surface area contributed by atoms with Gasteiger partial charge in [0, 0.05) is 25.0 Å². The molecule has 1 aliphatic rings. The number of esters is 1. The number of hydrogen-bond donors (Lipinski definition) is 1. The molecule has 1 saturated heterocycles. The van der Waals surface area contributed by atoms with Crippen molar-refractivity contribution in [3.8, 4) is 0 Å². The number of carbonyl (C=O) groups is 1. The van der Waals surface area contributed by atoms with Crippen molar-refractivity contribution in [1.82, 2.24) is 4.57 Å². The van der Waals surface area contributed by atoms with Crippen molar-refractivity contribution >= 4 is 45.4 Å². The van der Waals surface area contributed by atoms with Gasteiger partial charge in [-0.05, 0) is 25.2 Å². The number of nitrogens with one attached hydrogen (secondary N) is 1. The molecule has 1 aromatic carbocycles. The van der Waals surface area contributed by atoms with Crippen LogP contribution >= 0.6 is 23.6 Å². The Morgan fingerprint density at radius 3 is 2.84 bits per heavy atom. The topological polar surface area (TPSA) is 78.8 Å². The highest BCUT2D eigenvalue weighted by molar-refractivity contribution is 7.73. The van der Waals surface area contributed by atoms with Crippen LogP contribution in [0.4, 0.5) is 5.69 Å². The molecule has 9 heteroatoms. The van der Waals surface area contributed by atoms with Gasteiger partial charge in [0.05, 0.1) is 40.8 Å². The lowest BCUT2D eigenvalue weighted by molar-refractivity contribution is -0.928. The maximum Gasteiger partial charge on any atom is 0.309 e. The molecule has 2 heterocycles. The Morgan fingerprint density at radius 1 is 1.48 bits per heavy atom. The van der Waals surface area contributed by atoms with Gasteiger partial charge in [0.15, 0.2) is 10.6 Å². The zero-order valence-corrected chi connectivity index (χ0v) is 15.5. The summed E-state index contributed by atoms with van der Waals surface area (Å²) in [4.78, 5) is 23.7. The van der Waals surface area contributed by atoms with Crippen LogP contribution < -0.4 is 4.90 Å². The molecule has 0 amide bonds. The smallest absolute Gasteiger partial charge is 0.309 e. The van der Waals surface area contributed by atoms with Gasteiger partial charge in [-0.3, -0.25) is 19.5 Å². The molecule has 0 aliphatic carbocycles. The van der Waals surface area contributed by atoms with Crippen molar-refractivity contribution in [1.29, 1.82) is 0 Å². The number of likely N-dealkylation sites (tertiary alicyclic amines) is 1. The third-order valence-electron chi connectivity index (χ3n) is 4.56. The molecule has 0 unspecified atom stereocenters. The van der Waals surface area contributed by atoms with Crippen LogP contribution in [0.2, 0.25) is 0 Å². The fourth-order valence-electron chi connectivity index (χ4n) is 3.22. The number of carbonyl (C=O) groups excluding carboxylic acids is 1. The summed E-state index contributed by atoms with van der Waals surface area (Å²) < 4.78 is 8.70. The predicted molar refractivity (Wildman–Crippen MR) is 97.4 cm³/mol. The van der Waals surface area contributed by atoms with Crippen molar-refractivity contribution in [3.05, 3.63) is 32.3 Å². The molecule has 0 bridgehead atoms. The van der Waals surface area contributed by atoms with E-state index < -0.39 is 4.92 Å². The Balaban J connectivity index is 1.72. The van der Waals surface area contributed by atoms with Crippen LogP contribution in [0.1, 0.15) is 19.8 Å². The maximum absolute atomic E-state index is 11.8. The fourth-order valence-corrected chi connectivity index (χ4v) is 4.58. The number of benzene rings is 1. The van der Waals surface area contributed by atoms with Crippen LogP contribution in [0.25, 0.3) is 10.2 Å². The molecule has 134 valence electrons.